The lowest BCUT2D eigenvalue weighted by atomic mass is 10.2. The number of anilines is 1. The predicted molar refractivity (Wildman–Crippen MR) is 69.5 cm³/mol. The molecule has 1 aromatic heterocycles. The number of rotatable bonds is 2. The zero-order valence-corrected chi connectivity index (χ0v) is 10.7. The fourth-order valence-corrected chi connectivity index (χ4v) is 1.95. The van der Waals surface area contributed by atoms with Gasteiger partial charge >= 0.3 is 0 Å². The van der Waals surface area contributed by atoms with Crippen LogP contribution in [-0.4, -0.2) is 17.0 Å². The van der Waals surface area contributed by atoms with Crippen molar-refractivity contribution in [2.75, 3.05) is 12.4 Å². The molecule has 4 heteroatoms. The molecule has 2 rings (SSSR count). The summed E-state index contributed by atoms with van der Waals surface area (Å²) in [5.74, 6) is 0.740. The molecule has 1 heterocycles. The molecule has 0 bridgehead atoms. The van der Waals surface area contributed by atoms with Crippen molar-refractivity contribution in [2.24, 2.45) is 0 Å². The largest absolute Gasteiger partial charge is 0.385 e. The first-order valence-electron chi connectivity index (χ1n) is 4.98. The zero-order chi connectivity index (χ0) is 11.5. The molecule has 0 aliphatic rings. The van der Waals surface area contributed by atoms with Gasteiger partial charge in [-0.2, -0.15) is 0 Å². The monoisotopic (exact) mass is 277 g/mol. The van der Waals surface area contributed by atoms with Crippen LogP contribution in [0.3, 0.4) is 0 Å². The van der Waals surface area contributed by atoms with Gasteiger partial charge in [-0.05, 0) is 13.0 Å². The highest BCUT2D eigenvalue weighted by Gasteiger charge is 2.07. The molecule has 0 amide bonds. The summed E-state index contributed by atoms with van der Waals surface area (Å²) in [5.41, 5.74) is 2.91. The van der Waals surface area contributed by atoms with Gasteiger partial charge in [-0.15, -0.1) is 0 Å². The first-order valence-corrected chi connectivity index (χ1v) is 5.78. The molecule has 3 nitrogen and oxygen atoms in total. The van der Waals surface area contributed by atoms with E-state index in [4.69, 9.17) is 0 Å². The molecule has 0 radical (unpaired) electrons. The Balaban J connectivity index is 2.50. The number of aromatic nitrogens is 2. The van der Waals surface area contributed by atoms with Crippen molar-refractivity contribution in [1.82, 2.24) is 9.97 Å². The van der Waals surface area contributed by atoms with Crippen LogP contribution in [0.4, 0.5) is 5.69 Å². The predicted octanol–water partition coefficient (Wildman–Crippen LogP) is 3.26. The van der Waals surface area contributed by atoms with Gasteiger partial charge in [0, 0.05) is 17.1 Å². The fraction of sp³-hybridized carbons (Fsp3) is 0.167. The SMILES string of the molecule is CNc1cnc(-c2ccccc2Br)nc1C. The molecule has 1 aromatic carbocycles. The fourth-order valence-electron chi connectivity index (χ4n) is 1.48. The van der Waals surface area contributed by atoms with Gasteiger partial charge in [0.1, 0.15) is 0 Å². The minimum Gasteiger partial charge on any atom is -0.385 e. The van der Waals surface area contributed by atoms with Crippen molar-refractivity contribution >= 4 is 21.6 Å². The van der Waals surface area contributed by atoms with E-state index in [9.17, 15) is 0 Å². The van der Waals surface area contributed by atoms with Crippen molar-refractivity contribution < 1.29 is 0 Å². The minimum atomic E-state index is 0.740. The van der Waals surface area contributed by atoms with E-state index in [0.717, 1.165) is 27.2 Å². The summed E-state index contributed by atoms with van der Waals surface area (Å²) in [7, 11) is 1.86. The van der Waals surface area contributed by atoms with Crippen LogP contribution < -0.4 is 5.32 Å². The van der Waals surface area contributed by atoms with Gasteiger partial charge in [-0.25, -0.2) is 9.97 Å². The molecule has 0 fully saturated rings. The third-order valence-corrected chi connectivity index (χ3v) is 3.05. The third-order valence-electron chi connectivity index (χ3n) is 2.36. The Labute approximate surface area is 103 Å². The van der Waals surface area contributed by atoms with Gasteiger partial charge in [0.15, 0.2) is 5.82 Å². The Morgan fingerprint density at radius 2 is 2.00 bits per heavy atom. The van der Waals surface area contributed by atoms with Crippen molar-refractivity contribution in [3.05, 3.63) is 40.6 Å². The minimum absolute atomic E-state index is 0.740. The summed E-state index contributed by atoms with van der Waals surface area (Å²) in [5, 5.41) is 3.05. The van der Waals surface area contributed by atoms with E-state index in [1.165, 1.54) is 0 Å². The Hall–Kier alpha value is -1.42. The van der Waals surface area contributed by atoms with Crippen LogP contribution in [0.5, 0.6) is 0 Å². The summed E-state index contributed by atoms with van der Waals surface area (Å²) >= 11 is 3.50. The second-order valence-electron chi connectivity index (χ2n) is 3.42. The summed E-state index contributed by atoms with van der Waals surface area (Å²) in [4.78, 5) is 8.81. The Kier molecular flexibility index (Phi) is 3.19. The number of halogens is 1. The van der Waals surface area contributed by atoms with Gasteiger partial charge in [-0.1, -0.05) is 34.1 Å². The lowest BCUT2D eigenvalue weighted by Gasteiger charge is -2.07. The van der Waals surface area contributed by atoms with Crippen LogP contribution in [0.25, 0.3) is 11.4 Å². The summed E-state index contributed by atoms with van der Waals surface area (Å²) in [6, 6.07) is 7.94. The number of hydrogen-bond acceptors (Lipinski definition) is 3. The number of hydrogen-bond donors (Lipinski definition) is 1. The molecule has 0 atom stereocenters. The van der Waals surface area contributed by atoms with Crippen LogP contribution in [0.2, 0.25) is 0 Å². The van der Waals surface area contributed by atoms with E-state index in [-0.39, 0.29) is 0 Å². The first kappa shape index (κ1) is 11.1. The van der Waals surface area contributed by atoms with Crippen molar-refractivity contribution in [1.29, 1.82) is 0 Å². The van der Waals surface area contributed by atoms with E-state index in [0.29, 0.717) is 0 Å². The highest BCUT2D eigenvalue weighted by atomic mass is 79.9. The Bertz CT molecular complexity index is 511. The molecule has 16 heavy (non-hydrogen) atoms. The highest BCUT2D eigenvalue weighted by molar-refractivity contribution is 9.10. The van der Waals surface area contributed by atoms with Crippen molar-refractivity contribution in [3.8, 4) is 11.4 Å². The Morgan fingerprint density at radius 1 is 1.25 bits per heavy atom. The quantitative estimate of drug-likeness (QED) is 0.916. The second-order valence-corrected chi connectivity index (χ2v) is 4.28. The lowest BCUT2D eigenvalue weighted by Crippen LogP contribution is -1.98. The van der Waals surface area contributed by atoms with E-state index >= 15 is 0 Å². The molecule has 0 aliphatic carbocycles. The standard InChI is InChI=1S/C12H12BrN3/c1-8-11(14-2)7-15-12(16-8)9-5-3-4-6-10(9)13/h3-7,14H,1-2H3. The first-order chi connectivity index (χ1) is 7.72. The van der Waals surface area contributed by atoms with Gasteiger partial charge in [-0.3, -0.25) is 0 Å². The van der Waals surface area contributed by atoms with Crippen LogP contribution in [0, 0.1) is 6.92 Å². The van der Waals surface area contributed by atoms with E-state index in [2.05, 4.69) is 31.2 Å². The summed E-state index contributed by atoms with van der Waals surface area (Å²) in [6.45, 7) is 1.97. The molecule has 0 spiro atoms. The van der Waals surface area contributed by atoms with Crippen LogP contribution >= 0.6 is 15.9 Å². The molecule has 0 saturated heterocycles. The lowest BCUT2D eigenvalue weighted by molar-refractivity contribution is 1.11. The third kappa shape index (κ3) is 2.07. The maximum Gasteiger partial charge on any atom is 0.160 e. The van der Waals surface area contributed by atoms with Gasteiger partial charge in [0.2, 0.25) is 0 Å². The normalized spacial score (nSPS) is 10.2. The molecule has 1 N–H and O–H groups in total. The summed E-state index contributed by atoms with van der Waals surface area (Å²) in [6.07, 6.45) is 1.80. The average Bonchev–Trinajstić information content (AvgIpc) is 2.29. The van der Waals surface area contributed by atoms with Crippen LogP contribution in [0.1, 0.15) is 5.69 Å². The second kappa shape index (κ2) is 4.61. The molecule has 2 aromatic rings. The molecule has 82 valence electrons. The molecule has 0 unspecified atom stereocenters. The smallest absolute Gasteiger partial charge is 0.160 e. The number of aryl methyl sites for hydroxylation is 1. The van der Waals surface area contributed by atoms with Crippen LogP contribution in [-0.2, 0) is 0 Å². The van der Waals surface area contributed by atoms with Crippen molar-refractivity contribution in [2.45, 2.75) is 6.92 Å². The molecular formula is C12H12BrN3. The molecular weight excluding hydrogens is 266 g/mol. The molecule has 0 aliphatic heterocycles. The molecule has 0 saturated carbocycles. The van der Waals surface area contributed by atoms with Crippen LogP contribution in [0.15, 0.2) is 34.9 Å². The maximum atomic E-state index is 4.47. The maximum absolute atomic E-state index is 4.47. The number of benzene rings is 1. The Morgan fingerprint density at radius 3 is 2.62 bits per heavy atom. The van der Waals surface area contributed by atoms with E-state index in [1.807, 2.05) is 38.2 Å². The number of nitrogens with zero attached hydrogens (tertiary/aromatic N) is 2. The van der Waals surface area contributed by atoms with Gasteiger partial charge in [0.05, 0.1) is 17.6 Å². The van der Waals surface area contributed by atoms with E-state index < -0.39 is 0 Å². The van der Waals surface area contributed by atoms with E-state index in [1.54, 1.807) is 6.20 Å². The summed E-state index contributed by atoms with van der Waals surface area (Å²) < 4.78 is 1.01. The van der Waals surface area contributed by atoms with Crippen molar-refractivity contribution in [3.63, 3.8) is 0 Å². The number of nitrogens with one attached hydrogen (secondary N) is 1. The zero-order valence-electron chi connectivity index (χ0n) is 9.16. The average molecular weight is 278 g/mol. The topological polar surface area (TPSA) is 37.8 Å². The van der Waals surface area contributed by atoms with Gasteiger partial charge in [0.25, 0.3) is 0 Å². The van der Waals surface area contributed by atoms with Gasteiger partial charge < -0.3 is 5.32 Å². The highest BCUT2D eigenvalue weighted by Crippen LogP contribution is 2.25.